The van der Waals surface area contributed by atoms with E-state index in [4.69, 9.17) is 4.74 Å². The third kappa shape index (κ3) is 3.70. The molecular weight excluding hydrogens is 306 g/mol. The lowest BCUT2D eigenvalue weighted by atomic mass is 9.98. The Morgan fingerprint density at radius 2 is 1.79 bits per heavy atom. The SMILES string of the molecule is COC(=O)N1[C@@H]2CC[C@H]1CC(NCCNC(=O)c1ccccc1)C2. The smallest absolute Gasteiger partial charge is 0.409 e. The summed E-state index contributed by atoms with van der Waals surface area (Å²) in [6, 6.07) is 10.2. The predicted molar refractivity (Wildman–Crippen MR) is 90.9 cm³/mol. The molecule has 2 saturated heterocycles. The zero-order valence-corrected chi connectivity index (χ0v) is 14.0. The fraction of sp³-hybridized carbons (Fsp3) is 0.556. The Kier molecular flexibility index (Phi) is 5.35. The van der Waals surface area contributed by atoms with E-state index in [-0.39, 0.29) is 24.1 Å². The van der Waals surface area contributed by atoms with E-state index in [1.54, 1.807) is 0 Å². The van der Waals surface area contributed by atoms with E-state index < -0.39 is 0 Å². The fourth-order valence-electron chi connectivity index (χ4n) is 3.89. The Morgan fingerprint density at radius 3 is 2.42 bits per heavy atom. The first-order chi connectivity index (χ1) is 11.7. The van der Waals surface area contributed by atoms with Crippen LogP contribution in [-0.2, 0) is 4.74 Å². The molecule has 3 atom stereocenters. The number of amides is 2. The summed E-state index contributed by atoms with van der Waals surface area (Å²) in [6.45, 7) is 1.33. The maximum Gasteiger partial charge on any atom is 0.409 e. The van der Waals surface area contributed by atoms with Crippen molar-refractivity contribution >= 4 is 12.0 Å². The average Bonchev–Trinajstić information content (AvgIpc) is 2.89. The summed E-state index contributed by atoms with van der Waals surface area (Å²) in [5, 5.41) is 6.44. The minimum atomic E-state index is -0.198. The van der Waals surface area contributed by atoms with Crippen LogP contribution in [0.1, 0.15) is 36.0 Å². The van der Waals surface area contributed by atoms with Gasteiger partial charge in [0.15, 0.2) is 0 Å². The summed E-state index contributed by atoms with van der Waals surface area (Å²) < 4.78 is 4.89. The number of carbonyl (C=O) groups is 2. The van der Waals surface area contributed by atoms with Gasteiger partial charge in [0, 0.05) is 36.8 Å². The van der Waals surface area contributed by atoms with E-state index in [2.05, 4.69) is 10.6 Å². The molecule has 2 heterocycles. The average molecular weight is 331 g/mol. The number of piperidine rings is 1. The highest BCUT2D eigenvalue weighted by atomic mass is 16.5. The van der Waals surface area contributed by atoms with Crippen LogP contribution in [-0.4, -0.2) is 55.2 Å². The van der Waals surface area contributed by atoms with Crippen molar-refractivity contribution in [3.8, 4) is 0 Å². The molecule has 0 aromatic heterocycles. The molecule has 1 aromatic rings. The summed E-state index contributed by atoms with van der Waals surface area (Å²) in [4.78, 5) is 25.7. The first-order valence-corrected chi connectivity index (χ1v) is 8.62. The van der Waals surface area contributed by atoms with E-state index in [0.717, 1.165) is 32.2 Å². The van der Waals surface area contributed by atoms with Crippen LogP contribution in [0.2, 0.25) is 0 Å². The Balaban J connectivity index is 1.40. The van der Waals surface area contributed by atoms with Crippen molar-refractivity contribution in [2.24, 2.45) is 0 Å². The van der Waals surface area contributed by atoms with Crippen molar-refractivity contribution in [1.29, 1.82) is 0 Å². The molecule has 2 fully saturated rings. The Bertz CT molecular complexity index is 564. The molecule has 0 radical (unpaired) electrons. The maximum absolute atomic E-state index is 12.0. The van der Waals surface area contributed by atoms with Crippen molar-refractivity contribution in [1.82, 2.24) is 15.5 Å². The minimum absolute atomic E-state index is 0.0435. The van der Waals surface area contributed by atoms with E-state index in [1.807, 2.05) is 35.2 Å². The number of nitrogens with zero attached hydrogens (tertiary/aromatic N) is 1. The molecule has 2 aliphatic heterocycles. The van der Waals surface area contributed by atoms with E-state index in [9.17, 15) is 9.59 Å². The van der Waals surface area contributed by atoms with Crippen LogP contribution in [0.4, 0.5) is 4.79 Å². The first-order valence-electron chi connectivity index (χ1n) is 8.62. The highest BCUT2D eigenvalue weighted by molar-refractivity contribution is 5.94. The Labute approximate surface area is 142 Å². The second-order valence-electron chi connectivity index (χ2n) is 6.51. The number of hydrogen-bond donors (Lipinski definition) is 2. The number of methoxy groups -OCH3 is 1. The molecule has 130 valence electrons. The number of rotatable bonds is 5. The summed E-state index contributed by atoms with van der Waals surface area (Å²) in [5.74, 6) is -0.0435. The van der Waals surface area contributed by atoms with E-state index >= 15 is 0 Å². The van der Waals surface area contributed by atoms with Crippen LogP contribution in [0.5, 0.6) is 0 Å². The summed E-state index contributed by atoms with van der Waals surface area (Å²) in [6.07, 6.45) is 3.83. The van der Waals surface area contributed by atoms with Crippen LogP contribution >= 0.6 is 0 Å². The second kappa shape index (κ2) is 7.66. The molecule has 0 saturated carbocycles. The number of nitrogens with one attached hydrogen (secondary N) is 2. The third-order valence-electron chi connectivity index (χ3n) is 5.00. The van der Waals surface area contributed by atoms with Crippen molar-refractivity contribution in [2.75, 3.05) is 20.2 Å². The topological polar surface area (TPSA) is 70.7 Å². The highest BCUT2D eigenvalue weighted by Crippen LogP contribution is 2.36. The fourth-order valence-corrected chi connectivity index (χ4v) is 3.89. The van der Waals surface area contributed by atoms with Gasteiger partial charge in [-0.15, -0.1) is 0 Å². The summed E-state index contributed by atoms with van der Waals surface area (Å²) in [7, 11) is 1.45. The predicted octanol–water partition coefficient (Wildman–Crippen LogP) is 1.77. The van der Waals surface area contributed by atoms with Crippen LogP contribution in [0.3, 0.4) is 0 Å². The molecule has 2 bridgehead atoms. The molecule has 3 rings (SSSR count). The van der Waals surface area contributed by atoms with Gasteiger partial charge in [-0.1, -0.05) is 18.2 Å². The zero-order chi connectivity index (χ0) is 16.9. The van der Waals surface area contributed by atoms with E-state index in [0.29, 0.717) is 18.2 Å². The molecule has 2 amide bonds. The standard InChI is InChI=1S/C18H25N3O3/c1-24-18(23)21-15-7-8-16(21)12-14(11-15)19-9-10-20-17(22)13-5-3-2-4-6-13/h2-6,14-16,19H,7-12H2,1H3,(H,20,22)/t14?,15-,16+. The van der Waals surface area contributed by atoms with Crippen molar-refractivity contribution < 1.29 is 14.3 Å². The molecule has 1 aromatic carbocycles. The van der Waals surface area contributed by atoms with Gasteiger partial charge in [-0.05, 0) is 37.8 Å². The highest BCUT2D eigenvalue weighted by Gasteiger charge is 2.43. The van der Waals surface area contributed by atoms with Gasteiger partial charge in [0.1, 0.15) is 0 Å². The van der Waals surface area contributed by atoms with Crippen molar-refractivity contribution in [2.45, 2.75) is 43.8 Å². The lowest BCUT2D eigenvalue weighted by Gasteiger charge is -2.38. The van der Waals surface area contributed by atoms with Gasteiger partial charge in [-0.3, -0.25) is 4.79 Å². The third-order valence-corrected chi connectivity index (χ3v) is 5.00. The largest absolute Gasteiger partial charge is 0.453 e. The summed E-state index contributed by atoms with van der Waals surface area (Å²) >= 11 is 0. The molecule has 0 spiro atoms. The monoisotopic (exact) mass is 331 g/mol. The lowest BCUT2D eigenvalue weighted by Crippen LogP contribution is -2.52. The van der Waals surface area contributed by atoms with Crippen LogP contribution < -0.4 is 10.6 Å². The number of benzene rings is 1. The van der Waals surface area contributed by atoms with Gasteiger partial charge in [0.25, 0.3) is 5.91 Å². The molecule has 0 aliphatic carbocycles. The molecule has 24 heavy (non-hydrogen) atoms. The molecule has 2 N–H and O–H groups in total. The van der Waals surface area contributed by atoms with Gasteiger partial charge in [-0.25, -0.2) is 4.79 Å². The number of hydrogen-bond acceptors (Lipinski definition) is 4. The Hall–Kier alpha value is -2.08. The van der Waals surface area contributed by atoms with Crippen molar-refractivity contribution in [3.63, 3.8) is 0 Å². The van der Waals surface area contributed by atoms with Gasteiger partial charge in [-0.2, -0.15) is 0 Å². The lowest BCUT2D eigenvalue weighted by molar-refractivity contribution is 0.0770. The quantitative estimate of drug-likeness (QED) is 0.807. The normalized spacial score (nSPS) is 25.4. The van der Waals surface area contributed by atoms with Crippen LogP contribution in [0.15, 0.2) is 30.3 Å². The number of ether oxygens (including phenoxy) is 1. The molecular formula is C18H25N3O3. The second-order valence-corrected chi connectivity index (χ2v) is 6.51. The minimum Gasteiger partial charge on any atom is -0.453 e. The van der Waals surface area contributed by atoms with Gasteiger partial charge in [0.05, 0.1) is 7.11 Å². The maximum atomic E-state index is 12.0. The summed E-state index contributed by atoms with van der Waals surface area (Å²) in [5.41, 5.74) is 0.682. The molecule has 1 unspecified atom stereocenters. The van der Waals surface area contributed by atoms with Crippen LogP contribution in [0, 0.1) is 0 Å². The van der Waals surface area contributed by atoms with E-state index in [1.165, 1.54) is 7.11 Å². The van der Waals surface area contributed by atoms with Crippen LogP contribution in [0.25, 0.3) is 0 Å². The Morgan fingerprint density at radius 1 is 1.12 bits per heavy atom. The van der Waals surface area contributed by atoms with Crippen molar-refractivity contribution in [3.05, 3.63) is 35.9 Å². The first kappa shape index (κ1) is 16.8. The number of fused-ring (bicyclic) bond motifs is 2. The van der Waals surface area contributed by atoms with Gasteiger partial charge >= 0.3 is 6.09 Å². The number of carbonyl (C=O) groups excluding carboxylic acids is 2. The zero-order valence-electron chi connectivity index (χ0n) is 14.0. The molecule has 6 heteroatoms. The van der Waals surface area contributed by atoms with Gasteiger partial charge in [0.2, 0.25) is 0 Å². The molecule has 6 nitrogen and oxygen atoms in total. The van der Waals surface area contributed by atoms with Gasteiger partial charge < -0.3 is 20.3 Å². The molecule has 2 aliphatic rings.